The van der Waals surface area contributed by atoms with Crippen LogP contribution in [0.25, 0.3) is 0 Å². The molecule has 0 saturated carbocycles. The third-order valence-corrected chi connectivity index (χ3v) is 8.29. The molecule has 0 aliphatic carbocycles. The van der Waals surface area contributed by atoms with Crippen molar-refractivity contribution in [3.63, 3.8) is 0 Å². The molecule has 1 aromatic carbocycles. The molecule has 0 spiro atoms. The van der Waals surface area contributed by atoms with Crippen LogP contribution < -0.4 is 0 Å². The number of aliphatic hydroxyl groups is 7. The first-order valence-corrected chi connectivity index (χ1v) is 15.2. The molecule has 0 radical (unpaired) electrons. The number of esters is 2. The Bertz CT molecular complexity index is 1280. The van der Waals surface area contributed by atoms with Gasteiger partial charge in [-0.1, -0.05) is 18.2 Å². The van der Waals surface area contributed by atoms with Crippen molar-refractivity contribution in [3.05, 3.63) is 53.3 Å². The van der Waals surface area contributed by atoms with E-state index in [2.05, 4.69) is 0 Å². The highest BCUT2D eigenvalue weighted by atomic mass is 16.8. The third kappa shape index (κ3) is 8.68. The van der Waals surface area contributed by atoms with E-state index < -0.39 is 105 Å². The third-order valence-electron chi connectivity index (χ3n) is 8.29. The van der Waals surface area contributed by atoms with E-state index in [0.29, 0.717) is 6.42 Å². The van der Waals surface area contributed by atoms with E-state index in [1.165, 1.54) is 18.2 Å². The summed E-state index contributed by atoms with van der Waals surface area (Å²) in [5.41, 5.74) is 0.922. The first-order valence-electron chi connectivity index (χ1n) is 15.2. The standard InChI is InChI=1S/C31H42O17/c1-3-16-17(18(28(41)42-2)12-45-29(16)48-31-27(40)24(37)22(35)19(11-32)46-31)10-21(34)44-13-20-23(36)25(38)26(39)30(47-20)43-9-8-14-4-6-15(33)7-5-14/h3-7,12,17,19-20,22-27,29-33,35-40H,8-11,13H2,1-2H3/b16-3-. The van der Waals surface area contributed by atoms with Gasteiger partial charge in [0, 0.05) is 11.5 Å². The van der Waals surface area contributed by atoms with Gasteiger partial charge in [-0.15, -0.1) is 0 Å². The number of ether oxygens (including phenoxy) is 7. The molecule has 4 rings (SSSR count). The summed E-state index contributed by atoms with van der Waals surface area (Å²) in [5, 5.41) is 80.8. The van der Waals surface area contributed by atoms with E-state index in [1.807, 2.05) is 0 Å². The minimum Gasteiger partial charge on any atom is -0.508 e. The number of aromatic hydroxyl groups is 1. The van der Waals surface area contributed by atoms with Crippen LogP contribution in [0.1, 0.15) is 18.9 Å². The molecule has 12 atom stereocenters. The number of rotatable bonds is 12. The lowest BCUT2D eigenvalue weighted by molar-refractivity contribution is -0.327. The molecule has 17 nitrogen and oxygen atoms in total. The zero-order valence-electron chi connectivity index (χ0n) is 26.2. The Kier molecular flexibility index (Phi) is 13.3. The molecule has 0 bridgehead atoms. The number of allylic oxidation sites excluding steroid dienone is 1. The van der Waals surface area contributed by atoms with Crippen LogP contribution >= 0.6 is 0 Å². The van der Waals surface area contributed by atoms with Crippen molar-refractivity contribution in [3.8, 4) is 5.75 Å². The second-order valence-corrected chi connectivity index (χ2v) is 11.4. The zero-order chi connectivity index (χ0) is 35.1. The van der Waals surface area contributed by atoms with Crippen LogP contribution in [0.5, 0.6) is 5.75 Å². The van der Waals surface area contributed by atoms with E-state index in [0.717, 1.165) is 18.9 Å². The van der Waals surface area contributed by atoms with Gasteiger partial charge in [0.25, 0.3) is 0 Å². The van der Waals surface area contributed by atoms with Crippen LogP contribution in [-0.4, -0.2) is 147 Å². The van der Waals surface area contributed by atoms with Gasteiger partial charge in [0.15, 0.2) is 12.6 Å². The van der Waals surface area contributed by atoms with Gasteiger partial charge in [-0.3, -0.25) is 4.79 Å². The van der Waals surface area contributed by atoms with E-state index in [4.69, 9.17) is 33.2 Å². The summed E-state index contributed by atoms with van der Waals surface area (Å²) < 4.78 is 38.0. The lowest BCUT2D eigenvalue weighted by Crippen LogP contribution is -2.60. The number of methoxy groups -OCH3 is 1. The number of hydrogen-bond donors (Lipinski definition) is 8. The van der Waals surface area contributed by atoms with Crippen LogP contribution in [0.4, 0.5) is 0 Å². The van der Waals surface area contributed by atoms with E-state index in [-0.39, 0.29) is 23.5 Å². The van der Waals surface area contributed by atoms with Crippen molar-refractivity contribution in [1.82, 2.24) is 0 Å². The van der Waals surface area contributed by atoms with Gasteiger partial charge < -0.3 is 74.0 Å². The lowest BCUT2D eigenvalue weighted by Gasteiger charge is -2.42. The summed E-state index contributed by atoms with van der Waals surface area (Å²) >= 11 is 0. The van der Waals surface area contributed by atoms with Gasteiger partial charge >= 0.3 is 11.9 Å². The first-order chi connectivity index (χ1) is 22.9. The number of benzene rings is 1. The monoisotopic (exact) mass is 686 g/mol. The maximum absolute atomic E-state index is 13.1. The molecule has 12 unspecified atom stereocenters. The van der Waals surface area contributed by atoms with Gasteiger partial charge in [0.05, 0.1) is 38.6 Å². The maximum atomic E-state index is 13.1. The van der Waals surface area contributed by atoms with Gasteiger partial charge in [-0.25, -0.2) is 4.79 Å². The van der Waals surface area contributed by atoms with E-state index in [9.17, 15) is 50.4 Å². The molecule has 3 aliphatic rings. The van der Waals surface area contributed by atoms with E-state index in [1.54, 1.807) is 19.1 Å². The SMILES string of the molecule is C/C=C1\C(OC2OC(CO)C(O)C(O)C2O)OC=C(C(=O)OC)C1CC(=O)OCC1OC(OCCc2ccc(O)cc2)C(O)C(O)C1O. The minimum absolute atomic E-state index is 0.0483. The maximum Gasteiger partial charge on any atom is 0.337 e. The second kappa shape index (κ2) is 17.0. The Balaban J connectivity index is 1.39. The predicted octanol–water partition coefficient (Wildman–Crippen LogP) is -2.52. The Morgan fingerprint density at radius 1 is 0.875 bits per heavy atom. The van der Waals surface area contributed by atoms with Crippen molar-refractivity contribution in [1.29, 1.82) is 0 Å². The van der Waals surface area contributed by atoms with Crippen LogP contribution in [-0.2, 0) is 49.2 Å². The largest absolute Gasteiger partial charge is 0.508 e. The molecule has 2 fully saturated rings. The summed E-state index contributed by atoms with van der Waals surface area (Å²) in [4.78, 5) is 25.7. The molecule has 0 amide bonds. The average Bonchev–Trinajstić information content (AvgIpc) is 3.08. The average molecular weight is 687 g/mol. The van der Waals surface area contributed by atoms with Crippen LogP contribution in [0, 0.1) is 5.92 Å². The summed E-state index contributed by atoms with van der Waals surface area (Å²) in [6.45, 7) is 0.335. The molecule has 8 N–H and O–H groups in total. The van der Waals surface area contributed by atoms with Crippen LogP contribution in [0.2, 0.25) is 0 Å². The number of carbonyl (C=O) groups excluding carboxylic acids is 2. The van der Waals surface area contributed by atoms with Gasteiger partial charge in [0.1, 0.15) is 61.2 Å². The summed E-state index contributed by atoms with van der Waals surface area (Å²) in [6.07, 6.45) is -14.6. The molecule has 0 aromatic heterocycles. The van der Waals surface area contributed by atoms with Crippen molar-refractivity contribution >= 4 is 11.9 Å². The van der Waals surface area contributed by atoms with Gasteiger partial charge in [0.2, 0.25) is 6.29 Å². The fourth-order valence-corrected chi connectivity index (χ4v) is 5.47. The summed E-state index contributed by atoms with van der Waals surface area (Å²) in [7, 11) is 1.12. The molecule has 268 valence electrons. The Morgan fingerprint density at radius 2 is 1.50 bits per heavy atom. The van der Waals surface area contributed by atoms with Crippen LogP contribution in [0.3, 0.4) is 0 Å². The van der Waals surface area contributed by atoms with E-state index >= 15 is 0 Å². The topological polar surface area (TPSA) is 261 Å². The Labute approximate surface area is 275 Å². The Morgan fingerprint density at radius 3 is 2.12 bits per heavy atom. The van der Waals surface area contributed by atoms with Crippen molar-refractivity contribution in [2.45, 2.75) is 87.5 Å². The number of phenols is 1. The number of phenolic OH excluding ortho intramolecular Hbond substituents is 1. The summed E-state index contributed by atoms with van der Waals surface area (Å²) in [6, 6.07) is 6.37. The molecule has 17 heteroatoms. The smallest absolute Gasteiger partial charge is 0.337 e. The zero-order valence-corrected chi connectivity index (χ0v) is 26.2. The molecule has 1 aromatic rings. The quantitative estimate of drug-likeness (QED) is 0.0834. The molecular formula is C31H42O17. The normalized spacial score (nSPS) is 36.2. The van der Waals surface area contributed by atoms with Gasteiger partial charge in [-0.05, 0) is 31.0 Å². The fourth-order valence-electron chi connectivity index (χ4n) is 5.47. The molecular weight excluding hydrogens is 644 g/mol. The minimum atomic E-state index is -1.75. The van der Waals surface area contributed by atoms with Crippen molar-refractivity contribution in [2.24, 2.45) is 5.92 Å². The lowest BCUT2D eigenvalue weighted by atomic mass is 9.86. The number of carbonyl (C=O) groups is 2. The molecule has 48 heavy (non-hydrogen) atoms. The first kappa shape index (κ1) is 37.6. The fraction of sp³-hybridized carbons (Fsp3) is 0.613. The van der Waals surface area contributed by atoms with Crippen molar-refractivity contribution < 1.29 is 83.6 Å². The molecule has 3 aliphatic heterocycles. The molecule has 2 saturated heterocycles. The number of hydrogen-bond acceptors (Lipinski definition) is 17. The van der Waals surface area contributed by atoms with Gasteiger partial charge in [-0.2, -0.15) is 0 Å². The predicted molar refractivity (Wildman–Crippen MR) is 157 cm³/mol. The molecule has 3 heterocycles. The summed E-state index contributed by atoms with van der Waals surface area (Å²) in [5.74, 6) is -2.69. The highest BCUT2D eigenvalue weighted by molar-refractivity contribution is 5.90. The van der Waals surface area contributed by atoms with Crippen molar-refractivity contribution in [2.75, 3.05) is 26.9 Å². The highest BCUT2D eigenvalue weighted by Gasteiger charge is 2.48. The number of aliphatic hydroxyl groups excluding tert-OH is 7. The Hall–Kier alpha value is -3.20. The second-order valence-electron chi connectivity index (χ2n) is 11.4. The highest BCUT2D eigenvalue weighted by Crippen LogP contribution is 2.36. The van der Waals surface area contributed by atoms with Crippen LogP contribution in [0.15, 0.2) is 47.7 Å².